The molecule has 0 aromatic carbocycles. The number of aliphatic hydroxyl groups excluding tert-OH is 1. The van der Waals surface area contributed by atoms with Crippen LogP contribution >= 0.6 is 11.6 Å². The van der Waals surface area contributed by atoms with Crippen molar-refractivity contribution < 1.29 is 5.11 Å². The topological polar surface area (TPSA) is 45.2 Å². The first-order chi connectivity index (χ1) is 6.68. The van der Waals surface area contributed by atoms with Crippen molar-refractivity contribution in [2.45, 2.75) is 31.9 Å². The third kappa shape index (κ3) is 1.70. The van der Waals surface area contributed by atoms with Gasteiger partial charge in [0.15, 0.2) is 0 Å². The number of aliphatic hydroxyl groups is 1. The maximum absolute atomic E-state index is 9.41. The number of anilines is 1. The van der Waals surface area contributed by atoms with E-state index in [9.17, 15) is 5.11 Å². The average molecular weight is 213 g/mol. The lowest BCUT2D eigenvalue weighted by Gasteiger charge is -2.34. The van der Waals surface area contributed by atoms with Gasteiger partial charge in [0.1, 0.15) is 0 Å². The van der Waals surface area contributed by atoms with Gasteiger partial charge in [-0.2, -0.15) is 0 Å². The highest BCUT2D eigenvalue weighted by Gasteiger charge is 2.28. The van der Waals surface area contributed by atoms with E-state index in [0.29, 0.717) is 5.02 Å². The van der Waals surface area contributed by atoms with Crippen LogP contribution in [0.5, 0.6) is 0 Å². The lowest BCUT2D eigenvalue weighted by Crippen LogP contribution is -2.42. The van der Waals surface area contributed by atoms with Gasteiger partial charge in [0.05, 0.1) is 28.5 Å². The van der Waals surface area contributed by atoms with Crippen molar-refractivity contribution >= 4 is 17.3 Å². The molecule has 1 aromatic heterocycles. The molecule has 0 amide bonds. The van der Waals surface area contributed by atoms with Gasteiger partial charge in [-0.15, -0.1) is 0 Å². The molecule has 1 heterocycles. The van der Waals surface area contributed by atoms with E-state index >= 15 is 0 Å². The fourth-order valence-electron chi connectivity index (χ4n) is 1.51. The number of aryl methyl sites for hydroxylation is 1. The van der Waals surface area contributed by atoms with E-state index in [1.54, 1.807) is 6.20 Å². The predicted molar refractivity (Wildman–Crippen MR) is 56.6 cm³/mol. The maximum atomic E-state index is 9.41. The zero-order valence-electron chi connectivity index (χ0n) is 8.00. The van der Waals surface area contributed by atoms with Gasteiger partial charge < -0.3 is 10.4 Å². The first-order valence-electron chi connectivity index (χ1n) is 4.74. The van der Waals surface area contributed by atoms with E-state index in [-0.39, 0.29) is 12.1 Å². The fourth-order valence-corrected chi connectivity index (χ4v) is 1.68. The van der Waals surface area contributed by atoms with E-state index in [1.165, 1.54) is 0 Å². The molecule has 0 bridgehead atoms. The third-order valence-electron chi connectivity index (χ3n) is 2.64. The lowest BCUT2D eigenvalue weighted by atomic mass is 9.89. The largest absolute Gasteiger partial charge is 0.391 e. The Morgan fingerprint density at radius 2 is 2.36 bits per heavy atom. The zero-order valence-corrected chi connectivity index (χ0v) is 8.75. The molecule has 2 N–H and O–H groups in total. The Hall–Kier alpha value is -0.800. The maximum Gasteiger partial charge on any atom is 0.0849 e. The SMILES string of the molecule is Cc1nccc(N[C@@H]2CC[C@H]2O)c1Cl. The first-order valence-corrected chi connectivity index (χ1v) is 5.12. The van der Waals surface area contributed by atoms with Crippen molar-refractivity contribution in [1.29, 1.82) is 0 Å². The first kappa shape index (κ1) is 9.74. The molecule has 1 aliphatic carbocycles. The summed E-state index contributed by atoms with van der Waals surface area (Å²) in [4.78, 5) is 4.08. The summed E-state index contributed by atoms with van der Waals surface area (Å²) in [6.07, 6.45) is 3.35. The van der Waals surface area contributed by atoms with Crippen molar-refractivity contribution in [2.75, 3.05) is 5.32 Å². The summed E-state index contributed by atoms with van der Waals surface area (Å²) in [5, 5.41) is 13.3. The van der Waals surface area contributed by atoms with Crippen LogP contribution < -0.4 is 5.32 Å². The van der Waals surface area contributed by atoms with Crippen molar-refractivity contribution in [3.05, 3.63) is 23.0 Å². The van der Waals surface area contributed by atoms with Gasteiger partial charge in [0, 0.05) is 6.20 Å². The number of halogens is 1. The highest BCUT2D eigenvalue weighted by atomic mass is 35.5. The van der Waals surface area contributed by atoms with Crippen LogP contribution in [0.2, 0.25) is 5.02 Å². The van der Waals surface area contributed by atoms with Gasteiger partial charge in [-0.25, -0.2) is 0 Å². The fraction of sp³-hybridized carbons (Fsp3) is 0.500. The molecule has 0 unspecified atom stereocenters. The molecule has 2 rings (SSSR count). The Balaban J connectivity index is 2.12. The average Bonchev–Trinajstić information content (AvgIpc) is 2.18. The quantitative estimate of drug-likeness (QED) is 0.788. The summed E-state index contributed by atoms with van der Waals surface area (Å²) in [6, 6.07) is 1.98. The van der Waals surface area contributed by atoms with Crippen molar-refractivity contribution in [3.63, 3.8) is 0 Å². The molecule has 76 valence electrons. The number of nitrogens with one attached hydrogen (secondary N) is 1. The second-order valence-electron chi connectivity index (χ2n) is 3.65. The molecule has 1 aromatic rings. The van der Waals surface area contributed by atoms with E-state index in [2.05, 4.69) is 10.3 Å². The summed E-state index contributed by atoms with van der Waals surface area (Å²) >= 11 is 6.06. The van der Waals surface area contributed by atoms with Crippen LogP contribution in [0.25, 0.3) is 0 Å². The van der Waals surface area contributed by atoms with Gasteiger partial charge in [-0.05, 0) is 25.8 Å². The monoisotopic (exact) mass is 212 g/mol. The minimum atomic E-state index is -0.237. The van der Waals surface area contributed by atoms with Gasteiger partial charge in [0.2, 0.25) is 0 Å². The predicted octanol–water partition coefficient (Wildman–Crippen LogP) is 1.98. The van der Waals surface area contributed by atoms with Crippen molar-refractivity contribution in [3.8, 4) is 0 Å². The van der Waals surface area contributed by atoms with Crippen LogP contribution in [0.3, 0.4) is 0 Å². The van der Waals surface area contributed by atoms with E-state index in [4.69, 9.17) is 11.6 Å². The van der Waals surface area contributed by atoms with Crippen LogP contribution in [-0.2, 0) is 0 Å². The number of hydrogen-bond acceptors (Lipinski definition) is 3. The molecular formula is C10H13ClN2O. The number of rotatable bonds is 2. The second-order valence-corrected chi connectivity index (χ2v) is 4.03. The molecule has 0 radical (unpaired) electrons. The number of pyridine rings is 1. The van der Waals surface area contributed by atoms with E-state index in [1.807, 2.05) is 13.0 Å². The molecule has 3 nitrogen and oxygen atoms in total. The number of aromatic nitrogens is 1. The highest BCUT2D eigenvalue weighted by molar-refractivity contribution is 6.33. The summed E-state index contributed by atoms with van der Waals surface area (Å²) in [6.45, 7) is 1.87. The molecule has 0 saturated heterocycles. The van der Waals surface area contributed by atoms with Crippen LogP contribution in [0.15, 0.2) is 12.3 Å². The van der Waals surface area contributed by atoms with Crippen molar-refractivity contribution in [2.24, 2.45) is 0 Å². The van der Waals surface area contributed by atoms with Gasteiger partial charge in [0.25, 0.3) is 0 Å². The lowest BCUT2D eigenvalue weighted by molar-refractivity contribution is 0.0786. The van der Waals surface area contributed by atoms with Gasteiger partial charge >= 0.3 is 0 Å². The van der Waals surface area contributed by atoms with E-state index in [0.717, 1.165) is 24.2 Å². The standard InChI is InChI=1S/C10H13ClN2O/c1-6-10(11)8(4-5-12-6)13-7-2-3-9(7)14/h4-5,7,9,14H,2-3H2,1H3,(H,12,13)/t7-,9-/m1/s1. The minimum absolute atomic E-state index is 0.147. The molecule has 2 atom stereocenters. The Bertz CT molecular complexity index is 343. The molecule has 1 saturated carbocycles. The number of hydrogen-bond donors (Lipinski definition) is 2. The zero-order chi connectivity index (χ0) is 10.1. The Kier molecular flexibility index (Phi) is 2.61. The highest BCUT2D eigenvalue weighted by Crippen LogP contribution is 2.29. The molecule has 4 heteroatoms. The Morgan fingerprint density at radius 3 is 2.93 bits per heavy atom. The molecular weight excluding hydrogens is 200 g/mol. The summed E-state index contributed by atoms with van der Waals surface area (Å²) in [5.74, 6) is 0. The Morgan fingerprint density at radius 1 is 1.57 bits per heavy atom. The van der Waals surface area contributed by atoms with Crippen LogP contribution in [0, 0.1) is 6.92 Å². The van der Waals surface area contributed by atoms with Crippen LogP contribution in [0.1, 0.15) is 18.5 Å². The smallest absolute Gasteiger partial charge is 0.0849 e. The summed E-state index contributed by atoms with van der Waals surface area (Å²) in [7, 11) is 0. The normalized spacial score (nSPS) is 25.6. The molecule has 14 heavy (non-hydrogen) atoms. The summed E-state index contributed by atoms with van der Waals surface area (Å²) in [5.41, 5.74) is 1.67. The van der Waals surface area contributed by atoms with Gasteiger partial charge in [-0.1, -0.05) is 11.6 Å². The summed E-state index contributed by atoms with van der Waals surface area (Å²) < 4.78 is 0. The molecule has 0 aliphatic heterocycles. The number of nitrogens with zero attached hydrogens (tertiary/aromatic N) is 1. The third-order valence-corrected chi connectivity index (χ3v) is 3.12. The Labute approximate surface area is 88.1 Å². The van der Waals surface area contributed by atoms with Crippen LogP contribution in [0.4, 0.5) is 5.69 Å². The van der Waals surface area contributed by atoms with Crippen LogP contribution in [-0.4, -0.2) is 22.2 Å². The molecule has 1 fully saturated rings. The van der Waals surface area contributed by atoms with Gasteiger partial charge in [-0.3, -0.25) is 4.98 Å². The molecule has 0 spiro atoms. The second kappa shape index (κ2) is 3.75. The minimum Gasteiger partial charge on any atom is -0.391 e. The van der Waals surface area contributed by atoms with E-state index < -0.39 is 0 Å². The molecule has 1 aliphatic rings. The van der Waals surface area contributed by atoms with Crippen molar-refractivity contribution in [1.82, 2.24) is 4.98 Å².